The summed E-state index contributed by atoms with van der Waals surface area (Å²) in [5.41, 5.74) is 7.58. The van der Waals surface area contributed by atoms with Crippen molar-refractivity contribution in [1.29, 1.82) is 0 Å². The molecule has 0 aromatic heterocycles. The second-order valence-electron chi connectivity index (χ2n) is 5.39. The van der Waals surface area contributed by atoms with Gasteiger partial charge in [-0.2, -0.15) is 0 Å². The predicted octanol–water partition coefficient (Wildman–Crippen LogP) is 3.44. The maximum absolute atomic E-state index is 11.9. The Morgan fingerprint density at radius 2 is 1.91 bits per heavy atom. The highest BCUT2D eigenvalue weighted by atomic mass is 35.5. The number of aryl methyl sites for hydroxylation is 1. The van der Waals surface area contributed by atoms with Gasteiger partial charge in [-0.3, -0.25) is 4.79 Å². The summed E-state index contributed by atoms with van der Waals surface area (Å²) in [7, 11) is 0. The molecule has 1 amide bonds. The Labute approximate surface area is 141 Å². The Bertz CT molecular complexity index is 644. The Morgan fingerprint density at radius 3 is 2.61 bits per heavy atom. The van der Waals surface area contributed by atoms with Gasteiger partial charge in [0, 0.05) is 17.1 Å². The fraction of sp³-hybridized carbons (Fsp3) is 0.278. The average molecular weight is 333 g/mol. The van der Waals surface area contributed by atoms with E-state index in [2.05, 4.69) is 5.32 Å². The number of halogens is 1. The first kappa shape index (κ1) is 17.2. The first-order chi connectivity index (χ1) is 11.0. The van der Waals surface area contributed by atoms with Gasteiger partial charge in [-0.15, -0.1) is 0 Å². The molecule has 0 heterocycles. The number of amides is 1. The Kier molecular flexibility index (Phi) is 6.29. The van der Waals surface area contributed by atoms with E-state index in [0.29, 0.717) is 24.4 Å². The van der Waals surface area contributed by atoms with Crippen LogP contribution in [0.15, 0.2) is 48.5 Å². The number of nitrogens with one attached hydrogen (secondary N) is 1. The number of nitrogens with two attached hydrogens (primary N) is 1. The summed E-state index contributed by atoms with van der Waals surface area (Å²) in [4.78, 5) is 11.9. The van der Waals surface area contributed by atoms with Gasteiger partial charge >= 0.3 is 0 Å². The average Bonchev–Trinajstić information content (AvgIpc) is 2.54. The van der Waals surface area contributed by atoms with Crippen LogP contribution in [-0.4, -0.2) is 18.6 Å². The number of carbonyl (C=O) groups is 1. The van der Waals surface area contributed by atoms with E-state index < -0.39 is 0 Å². The number of carbonyl (C=O) groups excluding carboxylic acids is 1. The number of rotatable bonds is 7. The number of nitrogen functional groups attached to an aromatic ring is 1. The minimum Gasteiger partial charge on any atom is -0.489 e. The molecule has 0 fully saturated rings. The van der Waals surface area contributed by atoms with Crippen LogP contribution in [0.1, 0.15) is 18.9 Å². The van der Waals surface area contributed by atoms with Gasteiger partial charge in [-0.05, 0) is 49.2 Å². The number of hydrogen-bond donors (Lipinski definition) is 2. The van der Waals surface area contributed by atoms with Crippen molar-refractivity contribution in [3.05, 3.63) is 59.1 Å². The van der Waals surface area contributed by atoms with Crippen LogP contribution in [0.2, 0.25) is 5.02 Å². The molecule has 0 saturated carbocycles. The molecule has 0 aliphatic carbocycles. The van der Waals surface area contributed by atoms with Crippen molar-refractivity contribution in [2.24, 2.45) is 0 Å². The van der Waals surface area contributed by atoms with E-state index in [1.165, 1.54) is 0 Å². The zero-order valence-corrected chi connectivity index (χ0v) is 13.8. The summed E-state index contributed by atoms with van der Waals surface area (Å²) in [6, 6.07) is 14.7. The fourth-order valence-corrected chi connectivity index (χ4v) is 2.27. The quantitative estimate of drug-likeness (QED) is 0.763. The van der Waals surface area contributed by atoms with Gasteiger partial charge in [0.15, 0.2) is 0 Å². The molecule has 1 unspecified atom stereocenters. The summed E-state index contributed by atoms with van der Waals surface area (Å²) in [6.07, 6.45) is 0.911. The van der Waals surface area contributed by atoms with E-state index in [-0.39, 0.29) is 12.0 Å². The maximum Gasteiger partial charge on any atom is 0.220 e. The molecule has 3 N–H and O–H groups in total. The third-order valence-electron chi connectivity index (χ3n) is 3.41. The van der Waals surface area contributed by atoms with Gasteiger partial charge in [-0.25, -0.2) is 0 Å². The smallest absolute Gasteiger partial charge is 0.220 e. The molecule has 2 aromatic rings. The van der Waals surface area contributed by atoms with Crippen LogP contribution in [0.4, 0.5) is 5.69 Å². The number of para-hydroxylation sites is 1. The summed E-state index contributed by atoms with van der Waals surface area (Å²) < 4.78 is 5.71. The summed E-state index contributed by atoms with van der Waals surface area (Å²) in [5, 5.41) is 3.54. The van der Waals surface area contributed by atoms with E-state index >= 15 is 0 Å². The Balaban J connectivity index is 1.71. The highest BCUT2D eigenvalue weighted by Gasteiger charge is 2.08. The summed E-state index contributed by atoms with van der Waals surface area (Å²) in [5.74, 6) is 0.716. The maximum atomic E-state index is 11.9. The second kappa shape index (κ2) is 8.44. The lowest BCUT2D eigenvalue weighted by Gasteiger charge is -2.15. The van der Waals surface area contributed by atoms with Gasteiger partial charge in [0.05, 0.1) is 6.54 Å². The zero-order valence-electron chi connectivity index (χ0n) is 13.1. The van der Waals surface area contributed by atoms with Crippen LogP contribution in [-0.2, 0) is 11.2 Å². The van der Waals surface area contributed by atoms with E-state index in [1.54, 1.807) is 24.3 Å². The Morgan fingerprint density at radius 1 is 1.22 bits per heavy atom. The van der Waals surface area contributed by atoms with Crippen LogP contribution in [0.3, 0.4) is 0 Å². The van der Waals surface area contributed by atoms with Crippen molar-refractivity contribution >= 4 is 23.2 Å². The minimum absolute atomic E-state index is 0.0141. The van der Waals surface area contributed by atoms with E-state index in [0.717, 1.165) is 17.0 Å². The standard InChI is InChI=1S/C18H21ClN2O2/c1-13(23-16-9-7-15(19)8-10-16)12-21-18(22)11-6-14-4-2-3-5-17(14)20/h2-5,7-10,13H,6,11-12,20H2,1H3,(H,21,22). The number of ether oxygens (including phenoxy) is 1. The number of benzene rings is 2. The van der Waals surface area contributed by atoms with Crippen molar-refractivity contribution in [2.75, 3.05) is 12.3 Å². The first-order valence-electron chi connectivity index (χ1n) is 7.57. The molecular weight excluding hydrogens is 312 g/mol. The molecular formula is C18H21ClN2O2. The zero-order chi connectivity index (χ0) is 16.7. The lowest BCUT2D eigenvalue weighted by Crippen LogP contribution is -2.33. The number of hydrogen-bond acceptors (Lipinski definition) is 3. The van der Waals surface area contributed by atoms with E-state index in [9.17, 15) is 4.79 Å². The van der Waals surface area contributed by atoms with Crippen LogP contribution < -0.4 is 15.8 Å². The normalized spacial score (nSPS) is 11.7. The van der Waals surface area contributed by atoms with Crippen molar-refractivity contribution < 1.29 is 9.53 Å². The molecule has 23 heavy (non-hydrogen) atoms. The monoisotopic (exact) mass is 332 g/mol. The third-order valence-corrected chi connectivity index (χ3v) is 3.67. The molecule has 0 bridgehead atoms. The molecule has 0 aliphatic rings. The largest absolute Gasteiger partial charge is 0.489 e. The molecule has 1 atom stereocenters. The Hall–Kier alpha value is -2.20. The van der Waals surface area contributed by atoms with Crippen molar-refractivity contribution in [3.63, 3.8) is 0 Å². The first-order valence-corrected chi connectivity index (χ1v) is 7.94. The molecule has 4 nitrogen and oxygen atoms in total. The van der Waals surface area contributed by atoms with Crippen molar-refractivity contribution in [3.8, 4) is 5.75 Å². The molecule has 2 aromatic carbocycles. The highest BCUT2D eigenvalue weighted by Crippen LogP contribution is 2.16. The fourth-order valence-electron chi connectivity index (χ4n) is 2.14. The topological polar surface area (TPSA) is 64.4 Å². The molecule has 0 spiro atoms. The number of anilines is 1. The highest BCUT2D eigenvalue weighted by molar-refractivity contribution is 6.30. The molecule has 0 aliphatic heterocycles. The third kappa shape index (κ3) is 5.83. The molecule has 0 radical (unpaired) electrons. The summed E-state index contributed by atoms with van der Waals surface area (Å²) in [6.45, 7) is 2.36. The van der Waals surface area contributed by atoms with Gasteiger partial charge in [0.1, 0.15) is 11.9 Å². The molecule has 2 rings (SSSR count). The van der Waals surface area contributed by atoms with Crippen molar-refractivity contribution in [1.82, 2.24) is 5.32 Å². The van der Waals surface area contributed by atoms with Crippen LogP contribution in [0.5, 0.6) is 5.75 Å². The van der Waals surface area contributed by atoms with Crippen LogP contribution in [0.25, 0.3) is 0 Å². The van der Waals surface area contributed by atoms with Crippen LogP contribution >= 0.6 is 11.6 Å². The van der Waals surface area contributed by atoms with Gasteiger partial charge < -0.3 is 15.8 Å². The van der Waals surface area contributed by atoms with Gasteiger partial charge in [0.25, 0.3) is 0 Å². The molecule has 0 saturated heterocycles. The minimum atomic E-state index is -0.123. The van der Waals surface area contributed by atoms with Gasteiger partial charge in [0.2, 0.25) is 5.91 Å². The SMILES string of the molecule is CC(CNC(=O)CCc1ccccc1N)Oc1ccc(Cl)cc1. The van der Waals surface area contributed by atoms with Crippen molar-refractivity contribution in [2.45, 2.75) is 25.9 Å². The molecule has 5 heteroatoms. The van der Waals surface area contributed by atoms with E-state index in [4.69, 9.17) is 22.1 Å². The molecule has 122 valence electrons. The van der Waals surface area contributed by atoms with E-state index in [1.807, 2.05) is 31.2 Å². The second-order valence-corrected chi connectivity index (χ2v) is 5.82. The predicted molar refractivity (Wildman–Crippen MR) is 93.7 cm³/mol. The lowest BCUT2D eigenvalue weighted by atomic mass is 10.1. The van der Waals surface area contributed by atoms with Crippen LogP contribution in [0, 0.1) is 0 Å². The lowest BCUT2D eigenvalue weighted by molar-refractivity contribution is -0.121. The van der Waals surface area contributed by atoms with Gasteiger partial charge in [-0.1, -0.05) is 29.8 Å². The summed E-state index contributed by atoms with van der Waals surface area (Å²) >= 11 is 5.83.